The molecule has 1 aliphatic rings. The molecule has 1 fully saturated rings. The van der Waals surface area contributed by atoms with Crippen molar-refractivity contribution in [1.29, 1.82) is 0 Å². The molecule has 0 N–H and O–H groups in total. The van der Waals surface area contributed by atoms with Crippen LogP contribution in [-0.4, -0.2) is 36.0 Å². The first-order valence-corrected chi connectivity index (χ1v) is 7.10. The first kappa shape index (κ1) is 15.6. The van der Waals surface area contributed by atoms with Crippen LogP contribution in [0.4, 0.5) is 4.39 Å². The monoisotopic (exact) mass is 293 g/mol. The average Bonchev–Trinajstić information content (AvgIpc) is 2.90. The Hall–Kier alpha value is -1.75. The zero-order valence-electron chi connectivity index (χ0n) is 12.5. The number of hydrogen-bond donors (Lipinski definition) is 0. The fraction of sp³-hybridized carbons (Fsp3) is 0.500. The summed E-state index contributed by atoms with van der Waals surface area (Å²) >= 11 is 0. The van der Waals surface area contributed by atoms with Gasteiger partial charge in [-0.25, -0.2) is 4.39 Å². The van der Waals surface area contributed by atoms with E-state index < -0.39 is 12.1 Å². The van der Waals surface area contributed by atoms with Gasteiger partial charge in [0.1, 0.15) is 5.82 Å². The number of rotatable bonds is 4. The lowest BCUT2D eigenvalue weighted by molar-refractivity contribution is -0.144. The molecular formula is C16H20FNO3. The van der Waals surface area contributed by atoms with Crippen LogP contribution < -0.4 is 0 Å². The number of amides is 1. The Morgan fingerprint density at radius 1 is 1.33 bits per heavy atom. The number of nitrogens with zero attached hydrogens (tertiary/aromatic N) is 1. The van der Waals surface area contributed by atoms with Crippen LogP contribution in [0.15, 0.2) is 24.3 Å². The van der Waals surface area contributed by atoms with E-state index in [1.54, 1.807) is 19.1 Å². The smallest absolute Gasteiger partial charge is 0.232 e. The first-order chi connectivity index (χ1) is 9.95. The quantitative estimate of drug-likeness (QED) is 0.801. The molecule has 1 unspecified atom stereocenters. The molecule has 0 aromatic heterocycles. The standard InChI is InChI=1S/C16H20FNO3/c1-10(2)14-9-21-15(8-19)18(14)16(20)11(3)12-4-6-13(17)7-5-12/h4-8,10-11,14-15H,9H2,1-3H3/t11-,14+,15?/m0/s1. The molecule has 1 heterocycles. The Kier molecular flexibility index (Phi) is 4.73. The van der Waals surface area contributed by atoms with E-state index in [0.717, 1.165) is 5.56 Å². The van der Waals surface area contributed by atoms with E-state index in [9.17, 15) is 14.0 Å². The molecule has 1 aromatic carbocycles. The summed E-state index contributed by atoms with van der Waals surface area (Å²) in [5.41, 5.74) is 0.723. The molecule has 1 amide bonds. The Balaban J connectivity index is 2.23. The molecule has 1 saturated heterocycles. The predicted molar refractivity (Wildman–Crippen MR) is 76.1 cm³/mol. The van der Waals surface area contributed by atoms with E-state index in [2.05, 4.69) is 0 Å². The first-order valence-electron chi connectivity index (χ1n) is 7.10. The van der Waals surface area contributed by atoms with Crippen molar-refractivity contribution >= 4 is 12.2 Å². The van der Waals surface area contributed by atoms with Crippen LogP contribution in [0.1, 0.15) is 32.3 Å². The second kappa shape index (κ2) is 6.35. The average molecular weight is 293 g/mol. The van der Waals surface area contributed by atoms with Crippen molar-refractivity contribution in [1.82, 2.24) is 4.90 Å². The minimum absolute atomic E-state index is 0.115. The molecule has 1 aliphatic heterocycles. The van der Waals surface area contributed by atoms with Crippen LogP contribution in [0, 0.1) is 11.7 Å². The van der Waals surface area contributed by atoms with Gasteiger partial charge in [-0.05, 0) is 30.5 Å². The molecule has 21 heavy (non-hydrogen) atoms. The Labute approximate surface area is 123 Å². The van der Waals surface area contributed by atoms with Gasteiger partial charge < -0.3 is 9.64 Å². The number of benzene rings is 1. The van der Waals surface area contributed by atoms with Crippen LogP contribution in [-0.2, 0) is 14.3 Å². The minimum Gasteiger partial charge on any atom is -0.349 e. The van der Waals surface area contributed by atoms with E-state index in [1.807, 2.05) is 13.8 Å². The van der Waals surface area contributed by atoms with Crippen LogP contribution >= 0.6 is 0 Å². The Morgan fingerprint density at radius 2 is 1.95 bits per heavy atom. The van der Waals surface area contributed by atoms with Gasteiger partial charge in [-0.15, -0.1) is 0 Å². The molecule has 0 bridgehead atoms. The van der Waals surface area contributed by atoms with Crippen molar-refractivity contribution in [3.63, 3.8) is 0 Å². The highest BCUT2D eigenvalue weighted by molar-refractivity contribution is 5.86. The largest absolute Gasteiger partial charge is 0.349 e. The third kappa shape index (κ3) is 3.13. The van der Waals surface area contributed by atoms with E-state index >= 15 is 0 Å². The number of carbonyl (C=O) groups is 2. The lowest BCUT2D eigenvalue weighted by Gasteiger charge is -2.30. The van der Waals surface area contributed by atoms with E-state index in [1.165, 1.54) is 17.0 Å². The number of halogens is 1. The minimum atomic E-state index is -0.826. The molecular weight excluding hydrogens is 273 g/mol. The summed E-state index contributed by atoms with van der Waals surface area (Å²) in [7, 11) is 0. The van der Waals surface area contributed by atoms with E-state index in [-0.39, 0.29) is 23.7 Å². The number of aldehydes is 1. The zero-order chi connectivity index (χ0) is 15.6. The summed E-state index contributed by atoms with van der Waals surface area (Å²) in [6.45, 7) is 6.10. The maximum absolute atomic E-state index is 13.0. The number of ether oxygens (including phenoxy) is 1. The molecule has 0 radical (unpaired) electrons. The summed E-state index contributed by atoms with van der Waals surface area (Å²) in [5.74, 6) is -0.765. The molecule has 0 spiro atoms. The molecule has 0 saturated carbocycles. The third-order valence-corrected chi connectivity index (χ3v) is 3.95. The molecule has 114 valence electrons. The SMILES string of the molecule is CC(C)[C@H]1COC(C=O)N1C(=O)[C@@H](C)c1ccc(F)cc1. The lowest BCUT2D eigenvalue weighted by Crippen LogP contribution is -2.46. The molecule has 4 nitrogen and oxygen atoms in total. The summed E-state index contributed by atoms with van der Waals surface area (Å²) < 4.78 is 18.4. The Bertz CT molecular complexity index is 515. The van der Waals surface area contributed by atoms with Gasteiger partial charge in [0.05, 0.1) is 18.6 Å². The Morgan fingerprint density at radius 3 is 2.48 bits per heavy atom. The summed E-state index contributed by atoms with van der Waals surface area (Å²) in [4.78, 5) is 25.4. The fourth-order valence-corrected chi connectivity index (χ4v) is 2.57. The van der Waals surface area contributed by atoms with Gasteiger partial charge in [-0.2, -0.15) is 0 Å². The highest BCUT2D eigenvalue weighted by Gasteiger charge is 2.40. The number of carbonyl (C=O) groups excluding carboxylic acids is 2. The van der Waals surface area contributed by atoms with Crippen LogP contribution in [0.2, 0.25) is 0 Å². The van der Waals surface area contributed by atoms with Gasteiger partial charge in [-0.1, -0.05) is 26.0 Å². The van der Waals surface area contributed by atoms with E-state index in [4.69, 9.17) is 4.74 Å². The normalized spacial score (nSPS) is 23.4. The lowest BCUT2D eigenvalue weighted by atomic mass is 9.97. The number of hydrogen-bond acceptors (Lipinski definition) is 3. The highest BCUT2D eigenvalue weighted by atomic mass is 19.1. The van der Waals surface area contributed by atoms with Crippen molar-refractivity contribution in [3.05, 3.63) is 35.6 Å². The van der Waals surface area contributed by atoms with Gasteiger partial charge >= 0.3 is 0 Å². The molecule has 3 atom stereocenters. The van der Waals surface area contributed by atoms with E-state index in [0.29, 0.717) is 12.9 Å². The zero-order valence-corrected chi connectivity index (χ0v) is 12.5. The predicted octanol–water partition coefficient (Wildman–Crippen LogP) is 2.34. The van der Waals surface area contributed by atoms with Crippen molar-refractivity contribution in [3.8, 4) is 0 Å². The van der Waals surface area contributed by atoms with Crippen LogP contribution in [0.3, 0.4) is 0 Å². The summed E-state index contributed by atoms with van der Waals surface area (Å²) in [6.07, 6.45) is -0.176. The maximum atomic E-state index is 13.0. The fourth-order valence-electron chi connectivity index (χ4n) is 2.57. The van der Waals surface area contributed by atoms with Crippen LogP contribution in [0.25, 0.3) is 0 Å². The molecule has 1 aromatic rings. The third-order valence-electron chi connectivity index (χ3n) is 3.95. The molecule has 5 heteroatoms. The topological polar surface area (TPSA) is 46.6 Å². The van der Waals surface area contributed by atoms with Gasteiger partial charge in [-0.3, -0.25) is 9.59 Å². The second-order valence-electron chi connectivity index (χ2n) is 5.69. The van der Waals surface area contributed by atoms with Crippen molar-refractivity contribution in [2.45, 2.75) is 39.0 Å². The van der Waals surface area contributed by atoms with Gasteiger partial charge in [0.2, 0.25) is 5.91 Å². The second-order valence-corrected chi connectivity index (χ2v) is 5.69. The molecule has 2 rings (SSSR count). The van der Waals surface area contributed by atoms with Crippen molar-refractivity contribution in [2.24, 2.45) is 5.92 Å². The summed E-state index contributed by atoms with van der Waals surface area (Å²) in [5, 5.41) is 0. The molecule has 0 aliphatic carbocycles. The maximum Gasteiger partial charge on any atom is 0.232 e. The van der Waals surface area contributed by atoms with Gasteiger partial charge in [0.15, 0.2) is 12.5 Å². The van der Waals surface area contributed by atoms with Gasteiger partial charge in [0, 0.05) is 0 Å². The highest BCUT2D eigenvalue weighted by Crippen LogP contribution is 2.27. The van der Waals surface area contributed by atoms with Crippen molar-refractivity contribution in [2.75, 3.05) is 6.61 Å². The van der Waals surface area contributed by atoms with Crippen molar-refractivity contribution < 1.29 is 18.7 Å². The van der Waals surface area contributed by atoms with Crippen LogP contribution in [0.5, 0.6) is 0 Å². The van der Waals surface area contributed by atoms with Gasteiger partial charge in [0.25, 0.3) is 0 Å². The summed E-state index contributed by atoms with van der Waals surface area (Å²) in [6, 6.07) is 5.73.